The van der Waals surface area contributed by atoms with Crippen LogP contribution in [0.15, 0.2) is 49.6 Å². The minimum absolute atomic E-state index is 0. The van der Waals surface area contributed by atoms with Gasteiger partial charge in [-0.3, -0.25) is 0 Å². The van der Waals surface area contributed by atoms with E-state index in [2.05, 4.69) is 22.6 Å². The molecule has 23 heavy (non-hydrogen) atoms. The molecule has 0 heterocycles. The van der Waals surface area contributed by atoms with Gasteiger partial charge in [-0.15, -0.1) is 0 Å². The van der Waals surface area contributed by atoms with E-state index >= 15 is 0 Å². The number of carbonyl (C=O) groups is 4. The second-order valence-corrected chi connectivity index (χ2v) is 3.14. The number of hydrogen-bond donors (Lipinski definition) is 0. The van der Waals surface area contributed by atoms with E-state index < -0.39 is 23.9 Å². The number of carboxylic acids is 2. The molecule has 0 aliphatic rings. The van der Waals surface area contributed by atoms with Crippen molar-refractivity contribution in [3.63, 3.8) is 0 Å². The first kappa shape index (κ1) is 25.4. The van der Waals surface area contributed by atoms with Gasteiger partial charge in [0.25, 0.3) is 0 Å². The van der Waals surface area contributed by atoms with Crippen molar-refractivity contribution in [1.29, 1.82) is 0 Å². The summed E-state index contributed by atoms with van der Waals surface area (Å²) in [6.45, 7) is 6.73. The summed E-state index contributed by atoms with van der Waals surface area (Å²) < 4.78 is 8.81. The van der Waals surface area contributed by atoms with Crippen LogP contribution < -0.4 is 10.2 Å². The summed E-state index contributed by atoms with van der Waals surface area (Å²) in [7, 11) is 0. The standard InChI is InChI=1S/2C7H8O4.Zn/c2*1-2-5-11-7(10)4-3-6(8)9;/h2*2-4H,1,5H2,(H,8,9);/q;;+2/p-2/b2*4-3+;. The Morgan fingerprint density at radius 3 is 1.26 bits per heavy atom. The predicted octanol–water partition coefficient (Wildman–Crippen LogP) is -1.96. The van der Waals surface area contributed by atoms with Crippen molar-refractivity contribution in [2.24, 2.45) is 0 Å². The normalized spacial score (nSPS) is 9.04. The van der Waals surface area contributed by atoms with Gasteiger partial charge >= 0.3 is 31.4 Å². The number of hydrogen-bond acceptors (Lipinski definition) is 8. The van der Waals surface area contributed by atoms with Gasteiger partial charge in [-0.2, -0.15) is 0 Å². The maximum atomic E-state index is 10.5. The molecule has 0 aromatic rings. The Bertz CT molecular complexity index is 435. The third kappa shape index (κ3) is 24.8. The Morgan fingerprint density at radius 2 is 1.04 bits per heavy atom. The molecular formula is C14H14O8Zn. The fraction of sp³-hybridized carbons (Fsp3) is 0.143. The molecule has 0 aliphatic heterocycles. The van der Waals surface area contributed by atoms with E-state index in [1.54, 1.807) is 0 Å². The summed E-state index contributed by atoms with van der Waals surface area (Å²) in [5.41, 5.74) is 0. The molecule has 8 nitrogen and oxygen atoms in total. The fourth-order valence-corrected chi connectivity index (χ4v) is 0.651. The second kappa shape index (κ2) is 17.5. The number of esters is 2. The molecular weight excluding hydrogens is 362 g/mol. The van der Waals surface area contributed by atoms with Crippen molar-refractivity contribution in [1.82, 2.24) is 0 Å². The van der Waals surface area contributed by atoms with E-state index in [1.165, 1.54) is 12.2 Å². The molecule has 0 atom stereocenters. The Morgan fingerprint density at radius 1 is 0.739 bits per heavy atom. The third-order valence-corrected chi connectivity index (χ3v) is 1.40. The number of ether oxygens (including phenoxy) is 2. The Labute approximate surface area is 145 Å². The molecule has 0 aromatic heterocycles. The Balaban J connectivity index is -0.000000333. The summed E-state index contributed by atoms with van der Waals surface area (Å²) in [5, 5.41) is 19.5. The van der Waals surface area contributed by atoms with Crippen LogP contribution in [0.25, 0.3) is 0 Å². The molecule has 0 aromatic carbocycles. The van der Waals surface area contributed by atoms with Gasteiger partial charge in [-0.25, -0.2) is 9.59 Å². The summed E-state index contributed by atoms with van der Waals surface area (Å²) in [5.74, 6) is -4.32. The molecule has 120 valence electrons. The van der Waals surface area contributed by atoms with E-state index in [0.29, 0.717) is 12.2 Å². The van der Waals surface area contributed by atoms with Crippen LogP contribution in [0.1, 0.15) is 0 Å². The molecule has 0 bridgehead atoms. The van der Waals surface area contributed by atoms with Crippen LogP contribution in [0, 0.1) is 0 Å². The molecule has 0 spiro atoms. The largest absolute Gasteiger partial charge is 2.00 e. The quantitative estimate of drug-likeness (QED) is 0.207. The number of aliphatic carboxylic acids is 2. The van der Waals surface area contributed by atoms with E-state index in [4.69, 9.17) is 0 Å². The van der Waals surface area contributed by atoms with Crippen molar-refractivity contribution < 1.29 is 58.3 Å². The average molecular weight is 376 g/mol. The fourth-order valence-electron chi connectivity index (χ4n) is 0.651. The van der Waals surface area contributed by atoms with Crippen molar-refractivity contribution in [3.05, 3.63) is 49.6 Å². The third-order valence-electron chi connectivity index (χ3n) is 1.40. The van der Waals surface area contributed by atoms with E-state index in [1.807, 2.05) is 0 Å². The maximum absolute atomic E-state index is 10.5. The van der Waals surface area contributed by atoms with Crippen LogP contribution >= 0.6 is 0 Å². The molecule has 9 heteroatoms. The average Bonchev–Trinajstić information content (AvgIpc) is 2.47. The van der Waals surface area contributed by atoms with Crippen LogP contribution in [0.4, 0.5) is 0 Å². The monoisotopic (exact) mass is 374 g/mol. The molecule has 0 aliphatic carbocycles. The van der Waals surface area contributed by atoms with Crippen LogP contribution in [-0.4, -0.2) is 37.1 Å². The molecule has 0 N–H and O–H groups in total. The number of carboxylic acid groups (broad SMARTS) is 2. The molecule has 0 rings (SSSR count). The number of rotatable bonds is 8. The van der Waals surface area contributed by atoms with Crippen molar-refractivity contribution in [2.75, 3.05) is 13.2 Å². The zero-order valence-electron chi connectivity index (χ0n) is 12.3. The number of carbonyl (C=O) groups excluding carboxylic acids is 4. The molecule has 0 saturated heterocycles. The van der Waals surface area contributed by atoms with Gasteiger partial charge in [-0.05, 0) is 12.2 Å². The van der Waals surface area contributed by atoms with Gasteiger partial charge in [0.1, 0.15) is 13.2 Å². The maximum Gasteiger partial charge on any atom is 2.00 e. The van der Waals surface area contributed by atoms with E-state index in [9.17, 15) is 29.4 Å². The summed E-state index contributed by atoms with van der Waals surface area (Å²) in [6.07, 6.45) is 5.52. The Hall–Kier alpha value is -2.54. The van der Waals surface area contributed by atoms with Gasteiger partial charge < -0.3 is 29.3 Å². The molecule has 0 saturated carbocycles. The predicted molar refractivity (Wildman–Crippen MR) is 70.6 cm³/mol. The zero-order valence-corrected chi connectivity index (χ0v) is 15.2. The first-order chi connectivity index (χ1) is 10.3. The molecule has 0 amide bonds. The smallest absolute Gasteiger partial charge is 0.545 e. The first-order valence-corrected chi connectivity index (χ1v) is 5.66. The Kier molecular flexibility index (Phi) is 19.4. The molecule has 0 radical (unpaired) electrons. The van der Waals surface area contributed by atoms with Gasteiger partial charge in [0.05, 0.1) is 11.9 Å². The van der Waals surface area contributed by atoms with Crippen molar-refractivity contribution >= 4 is 23.9 Å². The second-order valence-electron chi connectivity index (χ2n) is 3.14. The summed E-state index contributed by atoms with van der Waals surface area (Å²) in [4.78, 5) is 40.4. The molecule has 0 unspecified atom stereocenters. The minimum Gasteiger partial charge on any atom is -0.545 e. The minimum atomic E-state index is -1.43. The first-order valence-electron chi connectivity index (χ1n) is 5.66. The van der Waals surface area contributed by atoms with Gasteiger partial charge in [0.15, 0.2) is 0 Å². The van der Waals surface area contributed by atoms with Crippen molar-refractivity contribution in [2.45, 2.75) is 0 Å². The van der Waals surface area contributed by atoms with E-state index in [-0.39, 0.29) is 32.7 Å². The summed E-state index contributed by atoms with van der Waals surface area (Å²) >= 11 is 0. The van der Waals surface area contributed by atoms with Crippen LogP contribution in [0.3, 0.4) is 0 Å². The topological polar surface area (TPSA) is 133 Å². The van der Waals surface area contributed by atoms with Gasteiger partial charge in [0, 0.05) is 12.2 Å². The summed E-state index contributed by atoms with van der Waals surface area (Å²) in [6, 6.07) is 0. The van der Waals surface area contributed by atoms with Gasteiger partial charge in [-0.1, -0.05) is 25.3 Å². The SMILES string of the molecule is C=CCOC(=O)/C=C/C(=O)[O-].C=CCOC(=O)/C=C/C(=O)[O-].[Zn+2]. The van der Waals surface area contributed by atoms with Crippen LogP contribution in [0.5, 0.6) is 0 Å². The zero-order chi connectivity index (χ0) is 17.4. The van der Waals surface area contributed by atoms with Crippen molar-refractivity contribution in [3.8, 4) is 0 Å². The van der Waals surface area contributed by atoms with E-state index in [0.717, 1.165) is 12.2 Å². The van der Waals surface area contributed by atoms with Crippen LogP contribution in [-0.2, 0) is 48.1 Å². The van der Waals surface area contributed by atoms with Crippen LogP contribution in [0.2, 0.25) is 0 Å². The molecule has 0 fully saturated rings. The van der Waals surface area contributed by atoms with Gasteiger partial charge in [0.2, 0.25) is 0 Å².